The average molecular weight is 218 g/mol. The van der Waals surface area contributed by atoms with E-state index in [1.807, 2.05) is 16.9 Å². The monoisotopic (exact) mass is 218 g/mol. The number of aromatic hydroxyl groups is 1. The fourth-order valence-electron chi connectivity index (χ4n) is 1.36. The second-order valence-electron chi connectivity index (χ2n) is 3.45. The van der Waals surface area contributed by atoms with Gasteiger partial charge in [-0.3, -0.25) is 9.67 Å². The second-order valence-corrected chi connectivity index (χ2v) is 3.45. The van der Waals surface area contributed by atoms with E-state index in [2.05, 4.69) is 15.4 Å². The van der Waals surface area contributed by atoms with Gasteiger partial charge in [0.05, 0.1) is 18.4 Å². The van der Waals surface area contributed by atoms with E-state index in [-0.39, 0.29) is 5.75 Å². The first kappa shape index (κ1) is 10.6. The Bertz CT molecular complexity index is 410. The first-order valence-corrected chi connectivity index (χ1v) is 5.16. The molecule has 0 aliphatic carbocycles. The van der Waals surface area contributed by atoms with E-state index in [0.717, 1.165) is 18.8 Å². The van der Waals surface area contributed by atoms with Gasteiger partial charge in [0.25, 0.3) is 0 Å². The van der Waals surface area contributed by atoms with Crippen LogP contribution in [0, 0.1) is 0 Å². The zero-order valence-corrected chi connectivity index (χ0v) is 8.87. The van der Waals surface area contributed by atoms with Crippen molar-refractivity contribution in [1.82, 2.24) is 20.1 Å². The number of nitrogens with zero attached hydrogens (tertiary/aromatic N) is 3. The molecule has 5 nitrogen and oxygen atoms in total. The highest BCUT2D eigenvalue weighted by atomic mass is 16.3. The van der Waals surface area contributed by atoms with Gasteiger partial charge in [-0.2, -0.15) is 5.10 Å². The van der Waals surface area contributed by atoms with E-state index >= 15 is 0 Å². The largest absolute Gasteiger partial charge is 0.506 e. The molecule has 0 spiro atoms. The SMILES string of the molecule is Oc1ccc(CNCCn2cccn2)nc1. The molecule has 0 atom stereocenters. The molecule has 0 fully saturated rings. The lowest BCUT2D eigenvalue weighted by atomic mass is 10.3. The Hall–Kier alpha value is -1.88. The summed E-state index contributed by atoms with van der Waals surface area (Å²) in [6, 6.07) is 5.34. The molecule has 0 aromatic carbocycles. The van der Waals surface area contributed by atoms with Crippen molar-refractivity contribution in [1.29, 1.82) is 0 Å². The van der Waals surface area contributed by atoms with Crippen molar-refractivity contribution in [3.05, 3.63) is 42.5 Å². The minimum Gasteiger partial charge on any atom is -0.506 e. The molecule has 2 N–H and O–H groups in total. The van der Waals surface area contributed by atoms with Crippen LogP contribution in [0.3, 0.4) is 0 Å². The standard InChI is InChI=1S/C11H14N4O/c16-11-3-2-10(13-9-11)8-12-5-7-15-6-1-4-14-15/h1-4,6,9,12,16H,5,7-8H2. The first-order chi connectivity index (χ1) is 7.84. The van der Waals surface area contributed by atoms with Crippen molar-refractivity contribution >= 4 is 0 Å². The van der Waals surface area contributed by atoms with Gasteiger partial charge < -0.3 is 10.4 Å². The Balaban J connectivity index is 1.70. The summed E-state index contributed by atoms with van der Waals surface area (Å²) < 4.78 is 1.87. The van der Waals surface area contributed by atoms with Crippen molar-refractivity contribution in [3.8, 4) is 5.75 Å². The van der Waals surface area contributed by atoms with Gasteiger partial charge in [0.1, 0.15) is 5.75 Å². The summed E-state index contributed by atoms with van der Waals surface area (Å²) in [6.07, 6.45) is 5.15. The van der Waals surface area contributed by atoms with Gasteiger partial charge >= 0.3 is 0 Å². The third kappa shape index (κ3) is 3.06. The minimum atomic E-state index is 0.195. The van der Waals surface area contributed by atoms with Gasteiger partial charge in [0.2, 0.25) is 0 Å². The Morgan fingerprint density at radius 2 is 2.31 bits per heavy atom. The summed E-state index contributed by atoms with van der Waals surface area (Å²) in [7, 11) is 0. The number of pyridine rings is 1. The molecule has 0 aliphatic heterocycles. The molecule has 0 aliphatic rings. The van der Waals surface area contributed by atoms with Crippen LogP contribution in [0.2, 0.25) is 0 Å². The van der Waals surface area contributed by atoms with Crippen LogP contribution in [-0.2, 0) is 13.1 Å². The molecular formula is C11H14N4O. The molecule has 0 unspecified atom stereocenters. The van der Waals surface area contributed by atoms with Crippen molar-refractivity contribution in [3.63, 3.8) is 0 Å². The summed E-state index contributed by atoms with van der Waals surface area (Å²) in [4.78, 5) is 4.08. The molecule has 0 amide bonds. The van der Waals surface area contributed by atoms with Crippen molar-refractivity contribution in [2.75, 3.05) is 6.54 Å². The van der Waals surface area contributed by atoms with E-state index in [1.165, 1.54) is 6.20 Å². The summed E-state index contributed by atoms with van der Waals surface area (Å²) in [6.45, 7) is 2.37. The molecule has 2 rings (SSSR count). The fraction of sp³-hybridized carbons (Fsp3) is 0.273. The molecule has 0 bridgehead atoms. The highest BCUT2D eigenvalue weighted by Gasteiger charge is 1.95. The van der Waals surface area contributed by atoms with Gasteiger partial charge in [0, 0.05) is 25.5 Å². The molecule has 2 heterocycles. The zero-order chi connectivity index (χ0) is 11.2. The van der Waals surface area contributed by atoms with Gasteiger partial charge in [0.15, 0.2) is 0 Å². The van der Waals surface area contributed by atoms with E-state index in [4.69, 9.17) is 5.11 Å². The minimum absolute atomic E-state index is 0.195. The lowest BCUT2D eigenvalue weighted by Gasteiger charge is -2.04. The van der Waals surface area contributed by atoms with E-state index in [0.29, 0.717) is 6.54 Å². The van der Waals surface area contributed by atoms with Crippen LogP contribution < -0.4 is 5.32 Å². The molecule has 2 aromatic rings. The van der Waals surface area contributed by atoms with Crippen LogP contribution in [0.1, 0.15) is 5.69 Å². The van der Waals surface area contributed by atoms with Gasteiger partial charge in [-0.15, -0.1) is 0 Å². The second kappa shape index (κ2) is 5.27. The third-order valence-corrected chi connectivity index (χ3v) is 2.19. The summed E-state index contributed by atoms with van der Waals surface area (Å²) >= 11 is 0. The molecule has 84 valence electrons. The third-order valence-electron chi connectivity index (χ3n) is 2.19. The molecule has 0 saturated carbocycles. The topological polar surface area (TPSA) is 63.0 Å². The Morgan fingerprint density at radius 3 is 3.00 bits per heavy atom. The number of rotatable bonds is 5. The Labute approximate surface area is 93.8 Å². The van der Waals surface area contributed by atoms with E-state index in [1.54, 1.807) is 18.3 Å². The predicted molar refractivity (Wildman–Crippen MR) is 59.8 cm³/mol. The van der Waals surface area contributed by atoms with Crippen LogP contribution >= 0.6 is 0 Å². The Kier molecular flexibility index (Phi) is 3.50. The van der Waals surface area contributed by atoms with Crippen LogP contribution in [0.25, 0.3) is 0 Å². The maximum Gasteiger partial charge on any atom is 0.133 e. The number of hydrogen-bond donors (Lipinski definition) is 2. The molecule has 0 saturated heterocycles. The number of hydrogen-bond acceptors (Lipinski definition) is 4. The lowest BCUT2D eigenvalue weighted by molar-refractivity contribution is 0.471. The van der Waals surface area contributed by atoms with Gasteiger partial charge in [-0.05, 0) is 18.2 Å². The average Bonchev–Trinajstić information content (AvgIpc) is 2.80. The maximum absolute atomic E-state index is 9.06. The normalized spacial score (nSPS) is 10.5. The van der Waals surface area contributed by atoms with Gasteiger partial charge in [-0.25, -0.2) is 0 Å². The van der Waals surface area contributed by atoms with Crippen molar-refractivity contribution in [2.24, 2.45) is 0 Å². The van der Waals surface area contributed by atoms with Crippen LogP contribution in [-0.4, -0.2) is 26.4 Å². The van der Waals surface area contributed by atoms with E-state index < -0.39 is 0 Å². The smallest absolute Gasteiger partial charge is 0.133 e. The van der Waals surface area contributed by atoms with Crippen LogP contribution in [0.15, 0.2) is 36.8 Å². The van der Waals surface area contributed by atoms with Crippen molar-refractivity contribution < 1.29 is 5.11 Å². The molecule has 0 radical (unpaired) electrons. The van der Waals surface area contributed by atoms with Crippen LogP contribution in [0.4, 0.5) is 0 Å². The predicted octanol–water partition coefficient (Wildman–Crippen LogP) is 0.774. The van der Waals surface area contributed by atoms with Gasteiger partial charge in [-0.1, -0.05) is 0 Å². The molecule has 16 heavy (non-hydrogen) atoms. The number of nitrogens with one attached hydrogen (secondary N) is 1. The first-order valence-electron chi connectivity index (χ1n) is 5.16. The van der Waals surface area contributed by atoms with E-state index in [9.17, 15) is 0 Å². The van der Waals surface area contributed by atoms with Crippen molar-refractivity contribution in [2.45, 2.75) is 13.1 Å². The highest BCUT2D eigenvalue weighted by molar-refractivity contribution is 5.17. The maximum atomic E-state index is 9.06. The summed E-state index contributed by atoms with van der Waals surface area (Å²) in [5.74, 6) is 0.195. The lowest BCUT2D eigenvalue weighted by Crippen LogP contribution is -2.20. The zero-order valence-electron chi connectivity index (χ0n) is 8.87. The number of aromatic nitrogens is 3. The van der Waals surface area contributed by atoms with Crippen LogP contribution in [0.5, 0.6) is 5.75 Å². The molecular weight excluding hydrogens is 204 g/mol. The summed E-state index contributed by atoms with van der Waals surface area (Å²) in [5, 5.41) is 16.4. The Morgan fingerprint density at radius 1 is 1.38 bits per heavy atom. The molecule has 5 heteroatoms. The molecule has 2 aromatic heterocycles. The fourth-order valence-corrected chi connectivity index (χ4v) is 1.36. The quantitative estimate of drug-likeness (QED) is 0.728. The highest BCUT2D eigenvalue weighted by Crippen LogP contribution is 2.05. The summed E-state index contributed by atoms with van der Waals surface area (Å²) in [5.41, 5.74) is 0.915.